The SMILES string of the molecule is CCCOc1cccc([C@H](CC(=O)O)NC(C)=O)c1. The van der Waals surface area contributed by atoms with Gasteiger partial charge in [-0.05, 0) is 24.1 Å². The Morgan fingerprint density at radius 2 is 2.16 bits per heavy atom. The molecule has 0 aliphatic rings. The molecule has 0 fully saturated rings. The molecular weight excluding hydrogens is 246 g/mol. The lowest BCUT2D eigenvalue weighted by molar-refractivity contribution is -0.137. The van der Waals surface area contributed by atoms with Crippen molar-refractivity contribution in [1.82, 2.24) is 5.32 Å². The molecule has 1 atom stereocenters. The van der Waals surface area contributed by atoms with E-state index in [1.165, 1.54) is 6.92 Å². The van der Waals surface area contributed by atoms with Crippen molar-refractivity contribution in [3.8, 4) is 5.75 Å². The average Bonchev–Trinajstić information content (AvgIpc) is 2.35. The number of hydrogen-bond acceptors (Lipinski definition) is 3. The first-order valence-electron chi connectivity index (χ1n) is 6.24. The van der Waals surface area contributed by atoms with Gasteiger partial charge in [0.15, 0.2) is 0 Å². The van der Waals surface area contributed by atoms with E-state index in [4.69, 9.17) is 9.84 Å². The molecule has 2 N–H and O–H groups in total. The first kappa shape index (κ1) is 15.0. The Labute approximate surface area is 112 Å². The smallest absolute Gasteiger partial charge is 0.305 e. The van der Waals surface area contributed by atoms with Gasteiger partial charge in [-0.15, -0.1) is 0 Å². The molecule has 0 aliphatic heterocycles. The van der Waals surface area contributed by atoms with Crippen LogP contribution in [-0.4, -0.2) is 23.6 Å². The number of carboxylic acids is 1. The monoisotopic (exact) mass is 265 g/mol. The average molecular weight is 265 g/mol. The second-order valence-corrected chi connectivity index (χ2v) is 4.27. The van der Waals surface area contributed by atoms with Gasteiger partial charge >= 0.3 is 5.97 Å². The highest BCUT2D eigenvalue weighted by Gasteiger charge is 2.17. The molecular formula is C14H19NO4. The Morgan fingerprint density at radius 3 is 2.74 bits per heavy atom. The van der Waals surface area contributed by atoms with Crippen LogP contribution in [0.15, 0.2) is 24.3 Å². The molecule has 1 aromatic carbocycles. The fraction of sp³-hybridized carbons (Fsp3) is 0.429. The van der Waals surface area contributed by atoms with Gasteiger partial charge in [0.05, 0.1) is 19.1 Å². The molecule has 5 heteroatoms. The Morgan fingerprint density at radius 1 is 1.42 bits per heavy atom. The summed E-state index contributed by atoms with van der Waals surface area (Å²) in [6, 6.07) is 6.60. The number of hydrogen-bond donors (Lipinski definition) is 2. The van der Waals surface area contributed by atoms with E-state index in [1.54, 1.807) is 18.2 Å². The molecule has 0 unspecified atom stereocenters. The van der Waals surface area contributed by atoms with E-state index in [-0.39, 0.29) is 12.3 Å². The maximum atomic E-state index is 11.1. The maximum absolute atomic E-state index is 11.1. The number of carbonyl (C=O) groups is 2. The molecule has 0 radical (unpaired) electrons. The lowest BCUT2D eigenvalue weighted by atomic mass is 10.0. The van der Waals surface area contributed by atoms with Gasteiger partial charge in [-0.2, -0.15) is 0 Å². The van der Waals surface area contributed by atoms with Crippen molar-refractivity contribution in [2.45, 2.75) is 32.7 Å². The van der Waals surface area contributed by atoms with E-state index in [2.05, 4.69) is 5.32 Å². The van der Waals surface area contributed by atoms with Crippen LogP contribution in [0.1, 0.15) is 38.3 Å². The van der Waals surface area contributed by atoms with Crippen LogP contribution in [0, 0.1) is 0 Å². The van der Waals surface area contributed by atoms with Crippen molar-refractivity contribution in [1.29, 1.82) is 0 Å². The minimum Gasteiger partial charge on any atom is -0.494 e. The number of benzene rings is 1. The number of rotatable bonds is 7. The molecule has 0 bridgehead atoms. The number of carbonyl (C=O) groups excluding carboxylic acids is 1. The largest absolute Gasteiger partial charge is 0.494 e. The second kappa shape index (κ2) is 7.41. The number of amides is 1. The van der Waals surface area contributed by atoms with Crippen LogP contribution in [0.25, 0.3) is 0 Å². The summed E-state index contributed by atoms with van der Waals surface area (Å²) in [7, 11) is 0. The summed E-state index contributed by atoms with van der Waals surface area (Å²) in [5, 5.41) is 11.5. The minimum absolute atomic E-state index is 0.156. The predicted molar refractivity (Wildman–Crippen MR) is 71.0 cm³/mol. The number of aliphatic carboxylic acids is 1. The van der Waals surface area contributed by atoms with Gasteiger partial charge in [-0.3, -0.25) is 9.59 Å². The van der Waals surface area contributed by atoms with Gasteiger partial charge in [0, 0.05) is 6.92 Å². The Kier molecular flexibility index (Phi) is 5.85. The number of ether oxygens (including phenoxy) is 1. The molecule has 1 rings (SSSR count). The van der Waals surface area contributed by atoms with Gasteiger partial charge in [0.2, 0.25) is 5.91 Å². The van der Waals surface area contributed by atoms with E-state index in [9.17, 15) is 9.59 Å². The summed E-state index contributed by atoms with van der Waals surface area (Å²) in [5.41, 5.74) is 0.728. The molecule has 0 spiro atoms. The zero-order valence-electron chi connectivity index (χ0n) is 11.2. The minimum atomic E-state index is -0.960. The van der Waals surface area contributed by atoms with Crippen LogP contribution in [0.3, 0.4) is 0 Å². The number of carboxylic acid groups (broad SMARTS) is 1. The third-order valence-corrected chi connectivity index (χ3v) is 2.49. The molecule has 104 valence electrons. The van der Waals surface area contributed by atoms with Gasteiger partial charge < -0.3 is 15.2 Å². The summed E-state index contributed by atoms with van der Waals surface area (Å²) < 4.78 is 5.50. The zero-order valence-corrected chi connectivity index (χ0v) is 11.2. The van der Waals surface area contributed by atoms with Crippen molar-refractivity contribution in [2.24, 2.45) is 0 Å². The lowest BCUT2D eigenvalue weighted by Gasteiger charge is -2.17. The lowest BCUT2D eigenvalue weighted by Crippen LogP contribution is -2.28. The van der Waals surface area contributed by atoms with E-state index in [0.29, 0.717) is 12.4 Å². The fourth-order valence-electron chi connectivity index (χ4n) is 1.71. The van der Waals surface area contributed by atoms with Crippen LogP contribution in [0.2, 0.25) is 0 Å². The van der Waals surface area contributed by atoms with Crippen molar-refractivity contribution in [3.05, 3.63) is 29.8 Å². The molecule has 0 heterocycles. The molecule has 5 nitrogen and oxygen atoms in total. The number of nitrogens with one attached hydrogen (secondary N) is 1. The van der Waals surface area contributed by atoms with Crippen molar-refractivity contribution >= 4 is 11.9 Å². The molecule has 19 heavy (non-hydrogen) atoms. The summed E-state index contributed by atoms with van der Waals surface area (Å²) >= 11 is 0. The first-order valence-corrected chi connectivity index (χ1v) is 6.24. The summed E-state index contributed by atoms with van der Waals surface area (Å²) in [6.45, 7) is 3.98. The predicted octanol–water partition coefficient (Wildman–Crippen LogP) is 2.13. The highest BCUT2D eigenvalue weighted by Crippen LogP contribution is 2.22. The quantitative estimate of drug-likeness (QED) is 0.792. The van der Waals surface area contributed by atoms with E-state index < -0.39 is 12.0 Å². The maximum Gasteiger partial charge on any atom is 0.305 e. The third-order valence-electron chi connectivity index (χ3n) is 2.49. The second-order valence-electron chi connectivity index (χ2n) is 4.27. The standard InChI is InChI=1S/C14H19NO4/c1-3-7-19-12-6-4-5-11(8-12)13(9-14(17)18)15-10(2)16/h4-6,8,13H,3,7,9H2,1-2H3,(H,15,16)(H,17,18)/t13-/m0/s1. The molecule has 1 amide bonds. The summed E-state index contributed by atoms with van der Waals surface area (Å²) in [6.07, 6.45) is 0.741. The Bertz CT molecular complexity index is 429. The highest BCUT2D eigenvalue weighted by molar-refractivity contribution is 5.75. The molecule has 0 saturated carbocycles. The van der Waals surface area contributed by atoms with E-state index in [0.717, 1.165) is 12.0 Å². The van der Waals surface area contributed by atoms with Crippen LogP contribution in [-0.2, 0) is 9.59 Å². The zero-order chi connectivity index (χ0) is 14.3. The van der Waals surface area contributed by atoms with Crippen molar-refractivity contribution in [3.63, 3.8) is 0 Å². The topological polar surface area (TPSA) is 75.6 Å². The first-order chi connectivity index (χ1) is 9.02. The van der Waals surface area contributed by atoms with Gasteiger partial charge in [0.25, 0.3) is 0 Å². The van der Waals surface area contributed by atoms with E-state index >= 15 is 0 Å². The summed E-state index contributed by atoms with van der Waals surface area (Å²) in [5.74, 6) is -0.537. The van der Waals surface area contributed by atoms with Crippen LogP contribution >= 0.6 is 0 Å². The molecule has 0 aliphatic carbocycles. The Balaban J connectivity index is 2.87. The van der Waals surface area contributed by atoms with Crippen LogP contribution in [0.5, 0.6) is 5.75 Å². The van der Waals surface area contributed by atoms with Gasteiger partial charge in [-0.1, -0.05) is 19.1 Å². The van der Waals surface area contributed by atoms with Crippen LogP contribution < -0.4 is 10.1 Å². The fourth-order valence-corrected chi connectivity index (χ4v) is 1.71. The third kappa shape index (κ3) is 5.42. The van der Waals surface area contributed by atoms with Crippen LogP contribution in [0.4, 0.5) is 0 Å². The van der Waals surface area contributed by atoms with Crippen molar-refractivity contribution < 1.29 is 19.4 Å². The molecule has 1 aromatic rings. The van der Waals surface area contributed by atoms with E-state index in [1.807, 2.05) is 13.0 Å². The highest BCUT2D eigenvalue weighted by atomic mass is 16.5. The van der Waals surface area contributed by atoms with Crippen molar-refractivity contribution in [2.75, 3.05) is 6.61 Å². The Hall–Kier alpha value is -2.04. The van der Waals surface area contributed by atoms with Gasteiger partial charge in [-0.25, -0.2) is 0 Å². The molecule has 0 saturated heterocycles. The normalized spacial score (nSPS) is 11.7. The molecule has 0 aromatic heterocycles. The van der Waals surface area contributed by atoms with Gasteiger partial charge in [0.1, 0.15) is 5.75 Å². The summed E-state index contributed by atoms with van der Waals surface area (Å²) in [4.78, 5) is 22.0.